The third-order valence-electron chi connectivity index (χ3n) is 30.5. The molecular weight excluding hydrogens is 1850 g/mol. The van der Waals surface area contributed by atoms with E-state index in [1.165, 1.54) is 92.4 Å². The van der Waals surface area contributed by atoms with Crippen LogP contribution in [0.1, 0.15) is 220 Å². The molecule has 0 saturated heterocycles. The van der Waals surface area contributed by atoms with Gasteiger partial charge in [0.2, 0.25) is 0 Å². The van der Waals surface area contributed by atoms with E-state index in [0.29, 0.717) is 23.7 Å². The second-order valence-corrected chi connectivity index (χ2v) is 41.9. The fraction of sp³-hybridized carbons (Fsp3) is 0.318. The number of ketones is 6. The van der Waals surface area contributed by atoms with Crippen molar-refractivity contribution in [1.29, 1.82) is 0 Å². The standard InChI is InChI=1S/2C24H28N2O.2C22H24N2O.2C20H22N2O/c2*1-17-10-12-18(13-11-17)14-15-25-23(19-6-2-3-7-19)24(27)21-16-26-22-9-5-4-8-20(21)22;2*1-15-6-8-16(9-7-15)12-13-23-21(17-10-11-17)22(25)19-14-24-20-5-3-2-4-18(19)20;2*1-14-7-9-16(10-8-14)11-12-21-15(2)20(23)18-13-22-19-6-4-3-5-17(18)19/h2*4-5,8-13,16,19,23,25-26H,2-3,6-7,14-15H2,1H3;2*2-9,14,17,21,23-24H,10-13H2,1H3;2*3-10,13,15,21-22H,11-12H2,1-2H3/t2*23-;2*21-;2*15-/m101010/s1. The highest BCUT2D eigenvalue weighted by molar-refractivity contribution is 6.14. The Morgan fingerprint density at radius 3 is 0.553 bits per heavy atom. The van der Waals surface area contributed by atoms with E-state index >= 15 is 0 Å². The Balaban J connectivity index is 0.000000123. The van der Waals surface area contributed by atoms with Crippen molar-refractivity contribution in [2.45, 2.75) is 207 Å². The first kappa shape index (κ1) is 107. The molecular formula is C132H148N12O6. The Morgan fingerprint density at radius 2 is 0.373 bits per heavy atom. The number of benzene rings is 12. The van der Waals surface area contributed by atoms with Crippen LogP contribution in [0.5, 0.6) is 0 Å². The number of hydrogen-bond donors (Lipinski definition) is 12. The van der Waals surface area contributed by atoms with Gasteiger partial charge in [0.15, 0.2) is 34.7 Å². The quantitative estimate of drug-likeness (QED) is 0.0160. The van der Waals surface area contributed by atoms with E-state index in [2.05, 4.69) is 249 Å². The Morgan fingerprint density at radius 1 is 0.213 bits per heavy atom. The van der Waals surface area contributed by atoms with Gasteiger partial charge >= 0.3 is 0 Å². The summed E-state index contributed by atoms with van der Waals surface area (Å²) in [5.41, 5.74) is 26.4. The summed E-state index contributed by atoms with van der Waals surface area (Å²) in [7, 11) is 0. The first-order valence-corrected chi connectivity index (χ1v) is 54.5. The molecule has 4 aliphatic rings. The smallest absolute Gasteiger partial charge is 0.182 e. The molecule has 0 amide bonds. The van der Waals surface area contributed by atoms with Crippen molar-refractivity contribution in [3.05, 3.63) is 429 Å². The largest absolute Gasteiger partial charge is 0.360 e. The number of aryl methyl sites for hydroxylation is 6. The van der Waals surface area contributed by atoms with Crippen LogP contribution < -0.4 is 31.9 Å². The zero-order valence-corrected chi connectivity index (χ0v) is 88.4. The number of H-pyrrole nitrogens is 6. The van der Waals surface area contributed by atoms with Crippen molar-refractivity contribution in [2.75, 3.05) is 39.3 Å². The van der Waals surface area contributed by atoms with Crippen molar-refractivity contribution in [2.24, 2.45) is 23.7 Å². The molecule has 0 aliphatic heterocycles. The summed E-state index contributed by atoms with van der Waals surface area (Å²) in [6.45, 7) is 21.4. The highest BCUT2D eigenvalue weighted by Gasteiger charge is 2.40. The number of aromatic amines is 6. The van der Waals surface area contributed by atoms with Crippen LogP contribution in [0.2, 0.25) is 0 Å². The minimum absolute atomic E-state index is 0.0651. The lowest BCUT2D eigenvalue weighted by molar-refractivity contribution is 0.0902. The number of hydrogen-bond acceptors (Lipinski definition) is 12. The topological polar surface area (TPSA) is 269 Å². The summed E-state index contributed by atoms with van der Waals surface area (Å²) in [5, 5.41) is 27.1. The molecule has 0 radical (unpaired) electrons. The maximum atomic E-state index is 13.4. The second-order valence-electron chi connectivity index (χ2n) is 41.9. The van der Waals surface area contributed by atoms with Crippen molar-refractivity contribution in [1.82, 2.24) is 61.8 Å². The van der Waals surface area contributed by atoms with Gasteiger partial charge in [-0.25, -0.2) is 0 Å². The van der Waals surface area contributed by atoms with Gasteiger partial charge < -0.3 is 61.8 Å². The number of fused-ring (bicyclic) bond motifs is 6. The summed E-state index contributed by atoms with van der Waals surface area (Å²) >= 11 is 0. The van der Waals surface area contributed by atoms with Gasteiger partial charge in [-0.3, -0.25) is 28.8 Å². The lowest BCUT2D eigenvalue weighted by Gasteiger charge is -2.23. The van der Waals surface area contributed by atoms with Crippen LogP contribution in [0, 0.1) is 65.2 Å². The molecule has 0 spiro atoms. The molecule has 6 aromatic heterocycles. The van der Waals surface area contributed by atoms with E-state index in [1.807, 2.05) is 197 Å². The first-order chi connectivity index (χ1) is 73.2. The van der Waals surface area contributed by atoms with Gasteiger partial charge in [0.1, 0.15) is 0 Å². The zero-order valence-electron chi connectivity index (χ0n) is 88.4. The molecule has 22 rings (SSSR count). The fourth-order valence-corrected chi connectivity index (χ4v) is 21.2. The summed E-state index contributed by atoms with van der Waals surface area (Å²) < 4.78 is 0. The molecule has 12 aromatic carbocycles. The van der Waals surface area contributed by atoms with Crippen LogP contribution in [-0.2, 0) is 38.5 Å². The lowest BCUT2D eigenvalue weighted by atomic mass is 9.90. The highest BCUT2D eigenvalue weighted by Crippen LogP contribution is 2.39. The zero-order chi connectivity index (χ0) is 104. The van der Waals surface area contributed by atoms with Crippen LogP contribution in [0.3, 0.4) is 0 Å². The number of nitrogens with one attached hydrogen (secondary N) is 12. The molecule has 0 unspecified atom stereocenters. The molecule has 0 bridgehead atoms. The van der Waals surface area contributed by atoms with Gasteiger partial charge in [-0.15, -0.1) is 0 Å². The average Bonchev–Trinajstić information content (AvgIpc) is 1.64. The van der Waals surface area contributed by atoms with Crippen LogP contribution in [-0.4, -0.2) is 140 Å². The third kappa shape index (κ3) is 28.8. The first-order valence-electron chi connectivity index (χ1n) is 54.5. The normalized spacial score (nSPS) is 14.7. The van der Waals surface area contributed by atoms with Crippen molar-refractivity contribution in [3.63, 3.8) is 0 Å². The SMILES string of the molecule is Cc1ccc(CCN[C@@H](C(=O)c2c[nH]c3ccccc23)C2CC2)cc1.Cc1ccc(CCN[C@@H](C(=O)c2c[nH]c3ccccc23)C2CCCC2)cc1.Cc1ccc(CCN[C@@H](C)C(=O)c2c[nH]c3ccccc23)cc1.Cc1ccc(CCN[C@H](C(=O)c2c[nH]c3ccccc23)C2CC2)cc1.Cc1ccc(CCN[C@H](C(=O)c2c[nH]c3ccccc23)C2CCCC2)cc1.Cc1ccc(CCN[C@H](C)C(=O)c2c[nH]c3ccccc23)cc1. The molecule has 18 nitrogen and oxygen atoms in total. The van der Waals surface area contributed by atoms with Crippen LogP contribution >= 0.6 is 0 Å². The maximum Gasteiger partial charge on any atom is 0.182 e. The van der Waals surface area contributed by atoms with Gasteiger partial charge in [0, 0.05) is 136 Å². The maximum absolute atomic E-state index is 13.4. The van der Waals surface area contributed by atoms with Crippen LogP contribution in [0.4, 0.5) is 0 Å². The Hall–Kier alpha value is -14.3. The van der Waals surface area contributed by atoms with E-state index in [1.54, 1.807) is 0 Å². The Kier molecular flexibility index (Phi) is 37.6. The summed E-state index contributed by atoms with van der Waals surface area (Å²) in [6.07, 6.45) is 30.9. The van der Waals surface area contributed by atoms with E-state index in [4.69, 9.17) is 0 Å². The van der Waals surface area contributed by atoms with Crippen LogP contribution in [0.25, 0.3) is 65.4 Å². The van der Waals surface area contributed by atoms with Gasteiger partial charge in [0.05, 0.1) is 36.3 Å². The van der Waals surface area contributed by atoms with E-state index in [9.17, 15) is 28.8 Å². The summed E-state index contributed by atoms with van der Waals surface area (Å²) in [4.78, 5) is 97.6. The molecule has 4 aliphatic carbocycles. The molecule has 18 heteroatoms. The minimum Gasteiger partial charge on any atom is -0.360 e. The minimum atomic E-state index is -0.195. The molecule has 150 heavy (non-hydrogen) atoms. The van der Waals surface area contributed by atoms with Gasteiger partial charge in [0.25, 0.3) is 0 Å². The predicted molar refractivity (Wildman–Crippen MR) is 617 cm³/mol. The number of para-hydroxylation sites is 6. The van der Waals surface area contributed by atoms with Gasteiger partial charge in [-0.2, -0.15) is 0 Å². The van der Waals surface area contributed by atoms with Crippen molar-refractivity contribution < 1.29 is 28.8 Å². The van der Waals surface area contributed by atoms with E-state index in [-0.39, 0.29) is 71.0 Å². The molecule has 12 N–H and O–H groups in total. The molecule has 772 valence electrons. The monoisotopic (exact) mass is 2000 g/mol. The number of carbonyl (C=O) groups is 6. The molecule has 18 aromatic rings. The molecule has 6 atom stereocenters. The third-order valence-corrected chi connectivity index (χ3v) is 30.5. The molecule has 4 saturated carbocycles. The Bertz CT molecular complexity index is 7000. The number of rotatable bonds is 40. The lowest BCUT2D eigenvalue weighted by Crippen LogP contribution is -2.43. The predicted octanol–water partition coefficient (Wildman–Crippen LogP) is 26.4. The number of aromatic nitrogens is 6. The number of carbonyl (C=O) groups excluding carboxylic acids is 6. The van der Waals surface area contributed by atoms with Crippen molar-refractivity contribution >= 4 is 100 Å². The van der Waals surface area contributed by atoms with Gasteiger partial charge in [-0.05, 0) is 278 Å². The summed E-state index contributed by atoms with van der Waals surface area (Å²) in [6, 6.07) is 99.0. The second kappa shape index (κ2) is 52.7. The van der Waals surface area contributed by atoms with E-state index < -0.39 is 0 Å². The van der Waals surface area contributed by atoms with E-state index in [0.717, 1.165) is 228 Å². The Labute approximate surface area is 883 Å². The van der Waals surface area contributed by atoms with Crippen molar-refractivity contribution in [3.8, 4) is 0 Å². The van der Waals surface area contributed by atoms with Crippen LogP contribution in [0.15, 0.2) is 328 Å². The summed E-state index contributed by atoms with van der Waals surface area (Å²) in [5.74, 6) is 3.06. The number of Topliss-reactive ketones (excluding diaryl/α,β-unsaturated/α-hetero) is 6. The van der Waals surface area contributed by atoms with Gasteiger partial charge in [-0.1, -0.05) is 314 Å². The fourth-order valence-electron chi connectivity index (χ4n) is 21.2. The average molecular weight is 2000 g/mol. The molecule has 4 fully saturated rings. The molecule has 6 heterocycles. The highest BCUT2D eigenvalue weighted by atomic mass is 16.2.